The van der Waals surface area contributed by atoms with E-state index in [0.29, 0.717) is 37.7 Å². The maximum Gasteiger partial charge on any atom is 0.308 e. The molecule has 1 amide bonds. The Balaban J connectivity index is 0.000000221. The Kier molecular flexibility index (Phi) is 42.2. The molecule has 0 bridgehead atoms. The van der Waals surface area contributed by atoms with Crippen LogP contribution >= 0.6 is 0 Å². The maximum atomic E-state index is 13.9. The molecule has 0 saturated carbocycles. The fourth-order valence-corrected chi connectivity index (χ4v) is 17.7. The Morgan fingerprint density at radius 1 is 0.408 bits per heavy atom. The number of hydrogen-bond donors (Lipinski definition) is 4. The van der Waals surface area contributed by atoms with Gasteiger partial charge in [-0.15, -0.1) is 0 Å². The lowest BCUT2D eigenvalue weighted by Crippen LogP contribution is -2.45. The van der Waals surface area contributed by atoms with E-state index in [1.54, 1.807) is 49.8 Å². The average molecular weight is 1730 g/mol. The van der Waals surface area contributed by atoms with Crippen LogP contribution in [0.4, 0.5) is 0 Å². The second-order valence-electron chi connectivity index (χ2n) is 33.2. The molecule has 5 aliphatic heterocycles. The molecule has 125 heavy (non-hydrogen) atoms. The minimum Gasteiger partial charge on any atom is -0.497 e. The monoisotopic (exact) mass is 1720 g/mol. The van der Waals surface area contributed by atoms with E-state index < -0.39 is 29.8 Å². The van der Waals surface area contributed by atoms with E-state index in [0.717, 1.165) is 163 Å². The number of carbonyl (C=O) groups is 5. The van der Waals surface area contributed by atoms with Crippen LogP contribution in [0.3, 0.4) is 0 Å². The van der Waals surface area contributed by atoms with Gasteiger partial charge in [-0.25, -0.2) is 0 Å². The Hall–Kier alpha value is -10.9. The van der Waals surface area contributed by atoms with Gasteiger partial charge >= 0.3 is 23.9 Å². The van der Waals surface area contributed by atoms with Crippen LogP contribution in [-0.2, 0) is 30.4 Å². The number of aliphatic carboxylic acids is 4. The third kappa shape index (κ3) is 30.2. The van der Waals surface area contributed by atoms with Gasteiger partial charge < -0.3 is 87.1 Å². The Bertz CT molecular complexity index is 4170. The van der Waals surface area contributed by atoms with Gasteiger partial charge in [0.1, 0.15) is 40.2 Å². The topological polar surface area (TPSA) is 266 Å². The number of rotatable bonds is 32. The van der Waals surface area contributed by atoms with E-state index in [1.165, 1.54) is 0 Å². The van der Waals surface area contributed by atoms with E-state index in [2.05, 4.69) is 53.7 Å². The molecule has 4 fully saturated rings. The number of benzene rings is 8. The summed E-state index contributed by atoms with van der Waals surface area (Å²) in [5.74, 6) is 2.67. The molecule has 24 nitrogen and oxygen atoms in total. The van der Waals surface area contributed by atoms with Gasteiger partial charge in [-0.3, -0.25) is 28.9 Å². The lowest BCUT2D eigenvalue weighted by atomic mass is 9.83. The largest absolute Gasteiger partial charge is 0.497 e. The van der Waals surface area contributed by atoms with Crippen molar-refractivity contribution in [2.24, 2.45) is 23.7 Å². The van der Waals surface area contributed by atoms with Crippen molar-refractivity contribution in [2.45, 2.75) is 133 Å². The highest BCUT2D eigenvalue weighted by Crippen LogP contribution is 2.44. The number of carbonyl (C=O) groups excluding carboxylic acids is 1. The highest BCUT2D eigenvalue weighted by molar-refractivity contribution is 5.79. The Morgan fingerprint density at radius 3 is 1.10 bits per heavy atom. The minimum absolute atomic E-state index is 0.0540. The number of carboxylic acids is 4. The predicted octanol–water partition coefficient (Wildman–Crippen LogP) is 16.4. The molecular formula is C101H139N6O18+. The number of likely N-dealkylation sites (N-methyl/N-ethyl adjacent to an activating group) is 3. The van der Waals surface area contributed by atoms with Gasteiger partial charge in [0, 0.05) is 93.5 Å². The average Bonchev–Trinajstić information content (AvgIpc) is 1.62. The van der Waals surface area contributed by atoms with Crippen molar-refractivity contribution in [3.8, 4) is 51.7 Å². The molecule has 0 unspecified atom stereocenters. The number of nitrogens with zero attached hydrogens (tertiary/aromatic N) is 6. The molecule has 680 valence electrons. The van der Waals surface area contributed by atoms with Crippen LogP contribution in [0.25, 0.3) is 0 Å². The Labute approximate surface area is 742 Å². The number of amides is 1. The van der Waals surface area contributed by atoms with Gasteiger partial charge in [0.2, 0.25) is 5.91 Å². The van der Waals surface area contributed by atoms with Crippen molar-refractivity contribution in [1.82, 2.24) is 24.5 Å². The summed E-state index contributed by atoms with van der Waals surface area (Å²) < 4.78 is 48.3. The number of carboxylic acid groups (broad SMARTS) is 4. The van der Waals surface area contributed by atoms with E-state index in [-0.39, 0.29) is 78.0 Å². The maximum absolute atomic E-state index is 13.9. The fraction of sp³-hybridized carbons (Fsp3) is 0.475. The lowest BCUT2D eigenvalue weighted by molar-refractivity contribution is -0.870. The SMILES string of the molecule is CCCCN(CCCC[N+](C)(C)C)C(=O)CN1C[C@H](c2ccc3c(c2)CCO3)[C@@H](C(=O)O)[C@@H]1CCOc1ccccc1OC.CC[C@H]1[C@H](C(=O)O)[C@@H](c2ccc(OC)cc2)CN1C.CC[C@H]1[C@H](C(=O)O)[C@@H](c2ccc(OC)cc2)CN1C.CC[C@H]1[C@H](C(=O)O)[C@@H](c2ccc(OC)cc2)CN1C.COc1ccccc1.COc1ccccc1.COc1ccccc1. The minimum atomic E-state index is -0.841. The standard InChI is InChI=1S/C35H51N3O6.3C15H21NO3.3C7H8O/c1-6-7-18-36(19-10-11-20-38(2,3)4)33(39)25-37-24-28(26-14-15-30-27(23-26)16-21-43-30)34(35(40)41)29(37)17-22-44-32-13-9-8-12-31(32)42-5;3*1-4-13-14(15(17)18)12(9-16(13)2)10-5-7-11(19-3)8-6-10;3*1-8-7-5-3-2-4-6-7/h8-9,12-15,23,28-29,34H,6-7,10-11,16-22,24-25H2,1-5H3;3*5-8,12-14H,4,9H2,1-3H3,(H,17,18);3*2-6H,1H3/p+1/t28-,29+,34-;3*12-,13+,14-;;;/m1111.../s1. The van der Waals surface area contributed by atoms with Gasteiger partial charge in [-0.2, -0.15) is 0 Å². The van der Waals surface area contributed by atoms with Crippen LogP contribution in [-0.4, -0.2) is 261 Å². The molecule has 13 rings (SSSR count). The first kappa shape index (κ1) is 101. The number of hydrogen-bond acceptors (Lipinski definition) is 18. The third-order valence-corrected chi connectivity index (χ3v) is 24.3. The summed E-state index contributed by atoms with van der Waals surface area (Å²) >= 11 is 0. The first-order valence-corrected chi connectivity index (χ1v) is 43.7. The zero-order valence-corrected chi connectivity index (χ0v) is 76.7. The summed E-state index contributed by atoms with van der Waals surface area (Å²) in [5, 5.41) is 39.1. The third-order valence-electron chi connectivity index (χ3n) is 24.3. The molecule has 5 heterocycles. The van der Waals surface area contributed by atoms with Crippen molar-refractivity contribution in [1.29, 1.82) is 0 Å². The molecule has 8 aromatic carbocycles. The van der Waals surface area contributed by atoms with E-state index in [1.807, 2.05) is 247 Å². The van der Waals surface area contributed by atoms with Crippen molar-refractivity contribution in [2.75, 3.05) is 158 Å². The molecule has 24 heteroatoms. The molecule has 4 saturated heterocycles. The zero-order chi connectivity index (χ0) is 91.1. The molecule has 0 spiro atoms. The first-order chi connectivity index (χ1) is 60.1. The van der Waals surface area contributed by atoms with E-state index >= 15 is 0 Å². The molecule has 0 aromatic heterocycles. The summed E-state index contributed by atoms with van der Waals surface area (Å²) in [6.45, 7) is 14.9. The number of quaternary nitrogens is 1. The summed E-state index contributed by atoms with van der Waals surface area (Å²) in [6, 6.07) is 65.8. The Morgan fingerprint density at radius 2 is 0.752 bits per heavy atom. The summed E-state index contributed by atoms with van der Waals surface area (Å²) in [5.41, 5.74) is 5.36. The second-order valence-corrected chi connectivity index (χ2v) is 33.2. The normalized spacial score (nSPS) is 21.1. The van der Waals surface area contributed by atoms with Crippen molar-refractivity contribution < 1.29 is 91.5 Å². The van der Waals surface area contributed by atoms with Gasteiger partial charge in [-0.05, 0) is 185 Å². The molecule has 5 aliphatic rings. The molecule has 0 aliphatic carbocycles. The van der Waals surface area contributed by atoms with Gasteiger partial charge in [0.05, 0.1) is 121 Å². The summed E-state index contributed by atoms with van der Waals surface area (Å²) in [6.07, 6.45) is 7.86. The number of ether oxygens (including phenoxy) is 9. The van der Waals surface area contributed by atoms with Crippen LogP contribution in [0.5, 0.6) is 51.7 Å². The van der Waals surface area contributed by atoms with Crippen molar-refractivity contribution in [3.05, 3.63) is 234 Å². The molecule has 0 radical (unpaired) electrons. The smallest absolute Gasteiger partial charge is 0.308 e. The van der Waals surface area contributed by atoms with Crippen molar-refractivity contribution in [3.63, 3.8) is 0 Å². The number of para-hydroxylation sites is 5. The molecule has 4 N–H and O–H groups in total. The van der Waals surface area contributed by atoms with Crippen LogP contribution < -0.4 is 42.6 Å². The highest BCUT2D eigenvalue weighted by atomic mass is 16.5. The second kappa shape index (κ2) is 52.1. The number of fused-ring (bicyclic) bond motifs is 1. The van der Waals surface area contributed by atoms with Gasteiger partial charge in [0.25, 0.3) is 0 Å². The highest BCUT2D eigenvalue weighted by Gasteiger charge is 2.49. The fourth-order valence-electron chi connectivity index (χ4n) is 17.7. The first-order valence-electron chi connectivity index (χ1n) is 43.7. The predicted molar refractivity (Wildman–Crippen MR) is 491 cm³/mol. The van der Waals surface area contributed by atoms with E-state index in [4.69, 9.17) is 42.6 Å². The molecule has 8 aromatic rings. The zero-order valence-electron chi connectivity index (χ0n) is 76.7. The van der Waals surface area contributed by atoms with Gasteiger partial charge in [-0.1, -0.05) is 149 Å². The van der Waals surface area contributed by atoms with E-state index in [9.17, 15) is 44.4 Å². The van der Waals surface area contributed by atoms with Crippen LogP contribution in [0.1, 0.15) is 131 Å². The lowest BCUT2D eigenvalue weighted by Gasteiger charge is -2.30. The number of likely N-dealkylation sites (tertiary alicyclic amines) is 4. The van der Waals surface area contributed by atoms with Crippen LogP contribution in [0.2, 0.25) is 0 Å². The molecule has 12 atom stereocenters. The summed E-state index contributed by atoms with van der Waals surface area (Å²) in [4.78, 5) is 72.1. The van der Waals surface area contributed by atoms with Gasteiger partial charge in [0.15, 0.2) is 11.5 Å². The summed E-state index contributed by atoms with van der Waals surface area (Å²) in [7, 11) is 24.1. The van der Waals surface area contributed by atoms with Crippen molar-refractivity contribution >= 4 is 29.8 Å². The molecular weight excluding hydrogens is 1590 g/mol. The van der Waals surface area contributed by atoms with Crippen LogP contribution in [0.15, 0.2) is 206 Å². The number of methoxy groups -OCH3 is 7. The quantitative estimate of drug-likeness (QED) is 0.0225. The van der Waals surface area contributed by atoms with Crippen LogP contribution in [0, 0.1) is 23.7 Å². The number of unbranched alkanes of at least 4 members (excludes halogenated alkanes) is 2.